The summed E-state index contributed by atoms with van der Waals surface area (Å²) < 4.78 is 0. The van der Waals surface area contributed by atoms with Crippen molar-refractivity contribution in [3.05, 3.63) is 48.2 Å². The van der Waals surface area contributed by atoms with Crippen LogP contribution < -0.4 is 5.32 Å². The molecule has 4 nitrogen and oxygen atoms in total. The van der Waals surface area contributed by atoms with Crippen LogP contribution in [0.25, 0.3) is 11.1 Å². The van der Waals surface area contributed by atoms with Crippen LogP contribution in [0, 0.1) is 0 Å². The van der Waals surface area contributed by atoms with Crippen LogP contribution in [0.4, 0.5) is 5.82 Å². The van der Waals surface area contributed by atoms with Crippen molar-refractivity contribution in [1.29, 1.82) is 0 Å². The fourth-order valence-corrected chi connectivity index (χ4v) is 1.68. The molecular formula is C14H14N2O2. The minimum Gasteiger partial charge on any atom is -0.478 e. The van der Waals surface area contributed by atoms with Gasteiger partial charge < -0.3 is 10.4 Å². The third-order valence-corrected chi connectivity index (χ3v) is 2.56. The predicted molar refractivity (Wildman–Crippen MR) is 70.8 cm³/mol. The van der Waals surface area contributed by atoms with Gasteiger partial charge in [-0.05, 0) is 36.8 Å². The summed E-state index contributed by atoms with van der Waals surface area (Å²) in [4.78, 5) is 15.2. The second kappa shape index (κ2) is 5.31. The maximum atomic E-state index is 10.9. The summed E-state index contributed by atoms with van der Waals surface area (Å²) in [5.74, 6) is -0.107. The molecule has 92 valence electrons. The molecule has 2 aromatic rings. The Kier molecular flexibility index (Phi) is 3.57. The van der Waals surface area contributed by atoms with Crippen LogP contribution in [-0.2, 0) is 0 Å². The number of benzene rings is 1. The van der Waals surface area contributed by atoms with Gasteiger partial charge in [0.2, 0.25) is 0 Å². The summed E-state index contributed by atoms with van der Waals surface area (Å²) in [6.07, 6.45) is 1.74. The zero-order chi connectivity index (χ0) is 13.0. The van der Waals surface area contributed by atoms with Crippen molar-refractivity contribution in [2.24, 2.45) is 0 Å². The molecule has 18 heavy (non-hydrogen) atoms. The van der Waals surface area contributed by atoms with Crippen LogP contribution in [0.15, 0.2) is 42.6 Å². The van der Waals surface area contributed by atoms with Gasteiger partial charge in [-0.25, -0.2) is 9.78 Å². The number of aromatic carboxylic acids is 1. The van der Waals surface area contributed by atoms with Crippen molar-refractivity contribution >= 4 is 11.8 Å². The molecule has 0 radical (unpaired) electrons. The molecule has 1 aromatic carbocycles. The Hall–Kier alpha value is -2.36. The van der Waals surface area contributed by atoms with Crippen molar-refractivity contribution < 1.29 is 9.90 Å². The Morgan fingerprint density at radius 3 is 2.72 bits per heavy atom. The van der Waals surface area contributed by atoms with E-state index < -0.39 is 5.97 Å². The monoisotopic (exact) mass is 242 g/mol. The first-order valence-corrected chi connectivity index (χ1v) is 5.74. The van der Waals surface area contributed by atoms with Crippen molar-refractivity contribution in [2.75, 3.05) is 11.9 Å². The first-order valence-electron chi connectivity index (χ1n) is 5.74. The van der Waals surface area contributed by atoms with Gasteiger partial charge in [0.05, 0.1) is 5.56 Å². The number of aromatic nitrogens is 1. The van der Waals surface area contributed by atoms with Gasteiger partial charge in [0.1, 0.15) is 5.82 Å². The minimum absolute atomic E-state index is 0.281. The molecule has 0 spiro atoms. The Bertz CT molecular complexity index is 550. The fraction of sp³-hybridized carbons (Fsp3) is 0.143. The number of carboxylic acid groups (broad SMARTS) is 1. The highest BCUT2D eigenvalue weighted by Crippen LogP contribution is 2.20. The number of hydrogen-bond donors (Lipinski definition) is 2. The van der Waals surface area contributed by atoms with E-state index in [1.165, 1.54) is 0 Å². The third kappa shape index (κ3) is 2.66. The quantitative estimate of drug-likeness (QED) is 0.865. The lowest BCUT2D eigenvalue weighted by molar-refractivity contribution is 0.0697. The van der Waals surface area contributed by atoms with Crippen molar-refractivity contribution in [1.82, 2.24) is 4.98 Å². The maximum absolute atomic E-state index is 10.9. The van der Waals surface area contributed by atoms with Gasteiger partial charge in [-0.2, -0.15) is 0 Å². The van der Waals surface area contributed by atoms with Crippen LogP contribution in [0.3, 0.4) is 0 Å². The van der Waals surface area contributed by atoms with E-state index in [4.69, 9.17) is 5.11 Å². The van der Waals surface area contributed by atoms with Crippen LogP contribution in [0.1, 0.15) is 17.3 Å². The molecule has 0 aliphatic rings. The number of rotatable bonds is 4. The Labute approximate surface area is 105 Å². The molecule has 1 heterocycles. The molecule has 0 unspecified atom stereocenters. The van der Waals surface area contributed by atoms with E-state index in [0.717, 1.165) is 23.5 Å². The van der Waals surface area contributed by atoms with E-state index in [1.54, 1.807) is 24.4 Å². The SMILES string of the molecule is CCNc1ccc(-c2cccc(C(=O)O)c2)cn1. The summed E-state index contributed by atoms with van der Waals surface area (Å²) in [6, 6.07) is 10.6. The molecule has 2 rings (SSSR count). The van der Waals surface area contributed by atoms with Gasteiger partial charge in [0, 0.05) is 18.3 Å². The molecule has 0 aliphatic heterocycles. The highest BCUT2D eigenvalue weighted by atomic mass is 16.4. The first-order chi connectivity index (χ1) is 8.70. The van der Waals surface area contributed by atoms with Crippen LogP contribution in [-0.4, -0.2) is 22.6 Å². The molecule has 4 heteroatoms. The number of hydrogen-bond acceptors (Lipinski definition) is 3. The molecule has 0 saturated carbocycles. The van der Waals surface area contributed by atoms with E-state index in [-0.39, 0.29) is 5.56 Å². The summed E-state index contributed by atoms with van der Waals surface area (Å²) in [5, 5.41) is 12.1. The van der Waals surface area contributed by atoms with Crippen molar-refractivity contribution in [3.8, 4) is 11.1 Å². The molecule has 0 amide bonds. The topological polar surface area (TPSA) is 62.2 Å². The highest BCUT2D eigenvalue weighted by molar-refractivity contribution is 5.89. The second-order valence-electron chi connectivity index (χ2n) is 3.85. The van der Waals surface area contributed by atoms with Crippen LogP contribution in [0.5, 0.6) is 0 Å². The Balaban J connectivity index is 2.30. The van der Waals surface area contributed by atoms with Gasteiger partial charge >= 0.3 is 5.97 Å². The van der Waals surface area contributed by atoms with Gasteiger partial charge in [0.25, 0.3) is 0 Å². The minimum atomic E-state index is -0.922. The van der Waals surface area contributed by atoms with Gasteiger partial charge in [-0.1, -0.05) is 12.1 Å². The predicted octanol–water partition coefficient (Wildman–Crippen LogP) is 2.88. The zero-order valence-corrected chi connectivity index (χ0v) is 10.1. The number of carboxylic acids is 1. The molecule has 0 saturated heterocycles. The largest absolute Gasteiger partial charge is 0.478 e. The van der Waals surface area contributed by atoms with E-state index in [1.807, 2.05) is 25.1 Å². The van der Waals surface area contributed by atoms with Crippen molar-refractivity contribution in [3.63, 3.8) is 0 Å². The maximum Gasteiger partial charge on any atom is 0.335 e. The summed E-state index contributed by atoms with van der Waals surface area (Å²) in [6.45, 7) is 2.83. The second-order valence-corrected chi connectivity index (χ2v) is 3.85. The molecule has 0 atom stereocenters. The van der Waals surface area contributed by atoms with Crippen LogP contribution in [0.2, 0.25) is 0 Å². The number of carbonyl (C=O) groups is 1. The Morgan fingerprint density at radius 1 is 1.28 bits per heavy atom. The van der Waals surface area contributed by atoms with Crippen LogP contribution >= 0.6 is 0 Å². The van der Waals surface area contributed by atoms with Gasteiger partial charge in [-0.15, -0.1) is 0 Å². The lowest BCUT2D eigenvalue weighted by atomic mass is 10.0. The standard InChI is InChI=1S/C14H14N2O2/c1-2-15-13-7-6-12(9-16-13)10-4-3-5-11(8-10)14(17)18/h3-9H,2H2,1H3,(H,15,16)(H,17,18). The zero-order valence-electron chi connectivity index (χ0n) is 10.1. The number of anilines is 1. The highest BCUT2D eigenvalue weighted by Gasteiger charge is 2.05. The van der Waals surface area contributed by atoms with Gasteiger partial charge in [-0.3, -0.25) is 0 Å². The van der Waals surface area contributed by atoms with Crippen molar-refractivity contribution in [2.45, 2.75) is 6.92 Å². The molecule has 0 bridgehead atoms. The lowest BCUT2D eigenvalue weighted by Crippen LogP contribution is -1.99. The van der Waals surface area contributed by atoms with E-state index in [9.17, 15) is 4.79 Å². The molecule has 0 aliphatic carbocycles. The molecule has 1 aromatic heterocycles. The summed E-state index contributed by atoms with van der Waals surface area (Å²) in [5.41, 5.74) is 2.04. The van der Waals surface area contributed by atoms with E-state index in [2.05, 4.69) is 10.3 Å². The normalized spacial score (nSPS) is 10.1. The lowest BCUT2D eigenvalue weighted by Gasteiger charge is -2.05. The van der Waals surface area contributed by atoms with E-state index >= 15 is 0 Å². The molecule has 2 N–H and O–H groups in total. The van der Waals surface area contributed by atoms with Gasteiger partial charge in [0.15, 0.2) is 0 Å². The Morgan fingerprint density at radius 2 is 2.11 bits per heavy atom. The molecule has 0 fully saturated rings. The average Bonchev–Trinajstić information content (AvgIpc) is 2.40. The first kappa shape index (κ1) is 12.1. The number of pyridine rings is 1. The smallest absolute Gasteiger partial charge is 0.335 e. The third-order valence-electron chi connectivity index (χ3n) is 2.56. The summed E-state index contributed by atoms with van der Waals surface area (Å²) in [7, 11) is 0. The van der Waals surface area contributed by atoms with E-state index in [0.29, 0.717) is 0 Å². The average molecular weight is 242 g/mol. The summed E-state index contributed by atoms with van der Waals surface area (Å²) >= 11 is 0. The number of nitrogens with zero attached hydrogens (tertiary/aromatic N) is 1. The fourth-order valence-electron chi connectivity index (χ4n) is 1.68. The number of nitrogens with one attached hydrogen (secondary N) is 1. The molecular weight excluding hydrogens is 228 g/mol.